The number of esters is 1. The third-order valence-electron chi connectivity index (χ3n) is 4.76. The SMILES string of the molecule is CCOC(=O)C1CCN(S(=O)(=O)c2ccc(C)c(C(=O)NCCOC)c2)CC1. The number of rotatable bonds is 8. The second-order valence-corrected chi connectivity index (χ2v) is 8.59. The van der Waals surface area contributed by atoms with E-state index in [-0.39, 0.29) is 35.8 Å². The topological polar surface area (TPSA) is 102 Å². The first-order valence-corrected chi connectivity index (χ1v) is 10.8. The van der Waals surface area contributed by atoms with Gasteiger partial charge in [0.25, 0.3) is 5.91 Å². The van der Waals surface area contributed by atoms with Crippen LogP contribution in [0.25, 0.3) is 0 Å². The van der Waals surface area contributed by atoms with Crippen molar-refractivity contribution in [2.75, 3.05) is 40.0 Å². The van der Waals surface area contributed by atoms with Gasteiger partial charge in [-0.2, -0.15) is 4.31 Å². The Morgan fingerprint density at radius 3 is 2.54 bits per heavy atom. The molecule has 1 aliphatic rings. The van der Waals surface area contributed by atoms with Gasteiger partial charge in [0.15, 0.2) is 0 Å². The summed E-state index contributed by atoms with van der Waals surface area (Å²) in [5.41, 5.74) is 1.01. The van der Waals surface area contributed by atoms with E-state index in [1.807, 2.05) is 0 Å². The van der Waals surface area contributed by atoms with Gasteiger partial charge in [-0.3, -0.25) is 9.59 Å². The van der Waals surface area contributed by atoms with Crippen LogP contribution in [-0.4, -0.2) is 64.6 Å². The molecule has 1 aromatic rings. The average Bonchev–Trinajstić information content (AvgIpc) is 2.68. The van der Waals surface area contributed by atoms with Gasteiger partial charge in [0.2, 0.25) is 10.0 Å². The van der Waals surface area contributed by atoms with E-state index in [4.69, 9.17) is 9.47 Å². The maximum atomic E-state index is 13.0. The van der Waals surface area contributed by atoms with Crippen molar-refractivity contribution in [2.45, 2.75) is 31.6 Å². The van der Waals surface area contributed by atoms with Crippen molar-refractivity contribution in [3.63, 3.8) is 0 Å². The first kappa shape index (κ1) is 22.3. The summed E-state index contributed by atoms with van der Waals surface area (Å²) in [6.07, 6.45) is 0.850. The minimum Gasteiger partial charge on any atom is -0.466 e. The van der Waals surface area contributed by atoms with Gasteiger partial charge in [0.05, 0.1) is 24.0 Å². The van der Waals surface area contributed by atoms with E-state index in [1.54, 1.807) is 19.9 Å². The molecule has 1 N–H and O–H groups in total. The van der Waals surface area contributed by atoms with Gasteiger partial charge in [0, 0.05) is 32.3 Å². The predicted octanol–water partition coefficient (Wildman–Crippen LogP) is 1.34. The maximum Gasteiger partial charge on any atom is 0.309 e. The smallest absolute Gasteiger partial charge is 0.309 e. The number of piperidine rings is 1. The lowest BCUT2D eigenvalue weighted by Crippen LogP contribution is -2.40. The summed E-state index contributed by atoms with van der Waals surface area (Å²) in [5.74, 6) is -0.885. The van der Waals surface area contributed by atoms with Crippen LogP contribution in [0, 0.1) is 12.8 Å². The minimum absolute atomic E-state index is 0.0737. The number of benzene rings is 1. The summed E-state index contributed by atoms with van der Waals surface area (Å²) in [7, 11) is -2.21. The molecular weight excluding hydrogens is 384 g/mol. The van der Waals surface area contributed by atoms with E-state index in [9.17, 15) is 18.0 Å². The van der Waals surface area contributed by atoms with Crippen LogP contribution >= 0.6 is 0 Å². The first-order chi connectivity index (χ1) is 13.3. The Morgan fingerprint density at radius 2 is 1.93 bits per heavy atom. The van der Waals surface area contributed by atoms with Crippen LogP contribution in [-0.2, 0) is 24.3 Å². The quantitative estimate of drug-likeness (QED) is 0.511. The van der Waals surface area contributed by atoms with Crippen LogP contribution in [0.4, 0.5) is 0 Å². The molecule has 0 radical (unpaired) electrons. The summed E-state index contributed by atoms with van der Waals surface area (Å²) in [6.45, 7) is 5.02. The number of nitrogens with zero attached hydrogens (tertiary/aromatic N) is 1. The van der Waals surface area contributed by atoms with E-state index in [2.05, 4.69) is 5.32 Å². The molecule has 0 atom stereocenters. The zero-order valence-corrected chi connectivity index (χ0v) is 17.4. The van der Waals surface area contributed by atoms with Crippen molar-refractivity contribution in [2.24, 2.45) is 5.92 Å². The van der Waals surface area contributed by atoms with E-state index in [0.717, 1.165) is 0 Å². The number of aryl methyl sites for hydroxylation is 1. The molecule has 1 fully saturated rings. The monoisotopic (exact) mass is 412 g/mol. The Kier molecular flexibility index (Phi) is 7.97. The van der Waals surface area contributed by atoms with Crippen LogP contribution in [0.5, 0.6) is 0 Å². The van der Waals surface area contributed by atoms with Crippen LogP contribution in [0.15, 0.2) is 23.1 Å². The molecule has 1 amide bonds. The van der Waals surface area contributed by atoms with Gasteiger partial charge in [0.1, 0.15) is 0 Å². The zero-order valence-electron chi connectivity index (χ0n) is 16.6. The highest BCUT2D eigenvalue weighted by atomic mass is 32.2. The Bertz CT molecular complexity index is 801. The number of amides is 1. The Morgan fingerprint density at radius 1 is 1.25 bits per heavy atom. The standard InChI is InChI=1S/C19H28N2O6S/c1-4-27-19(23)15-7-10-21(11-8-15)28(24,25)16-6-5-14(2)17(13-16)18(22)20-9-12-26-3/h5-6,13,15H,4,7-12H2,1-3H3,(H,20,22). The molecule has 1 aliphatic heterocycles. The fraction of sp³-hybridized carbons (Fsp3) is 0.579. The van der Waals surface area contributed by atoms with Gasteiger partial charge < -0.3 is 14.8 Å². The molecule has 0 saturated carbocycles. The fourth-order valence-corrected chi connectivity index (χ4v) is 4.61. The molecule has 156 valence electrons. The highest BCUT2D eigenvalue weighted by Crippen LogP contribution is 2.26. The third kappa shape index (κ3) is 5.30. The second-order valence-electron chi connectivity index (χ2n) is 6.66. The predicted molar refractivity (Wildman–Crippen MR) is 104 cm³/mol. The van der Waals surface area contributed by atoms with Crippen molar-refractivity contribution in [3.05, 3.63) is 29.3 Å². The summed E-state index contributed by atoms with van der Waals surface area (Å²) >= 11 is 0. The Labute approximate surface area is 166 Å². The molecule has 1 heterocycles. The summed E-state index contributed by atoms with van der Waals surface area (Å²) in [4.78, 5) is 24.3. The van der Waals surface area contributed by atoms with Gasteiger partial charge in [-0.05, 0) is 44.4 Å². The van der Waals surface area contributed by atoms with Crippen molar-refractivity contribution in [3.8, 4) is 0 Å². The van der Waals surface area contributed by atoms with E-state index >= 15 is 0 Å². The van der Waals surface area contributed by atoms with Crippen molar-refractivity contribution >= 4 is 21.9 Å². The van der Waals surface area contributed by atoms with Gasteiger partial charge >= 0.3 is 5.97 Å². The normalized spacial score (nSPS) is 16.0. The number of sulfonamides is 1. The lowest BCUT2D eigenvalue weighted by molar-refractivity contribution is -0.149. The Balaban J connectivity index is 2.12. The Hall–Kier alpha value is -1.97. The zero-order chi connectivity index (χ0) is 20.7. The number of ether oxygens (including phenoxy) is 2. The lowest BCUT2D eigenvalue weighted by atomic mass is 9.98. The number of methoxy groups -OCH3 is 1. The fourth-order valence-electron chi connectivity index (χ4n) is 3.11. The number of nitrogens with one attached hydrogen (secondary N) is 1. The molecule has 0 aliphatic carbocycles. The van der Waals surface area contributed by atoms with E-state index in [0.29, 0.717) is 43.7 Å². The van der Waals surface area contributed by atoms with Gasteiger partial charge in [-0.15, -0.1) is 0 Å². The number of hydrogen-bond acceptors (Lipinski definition) is 6. The summed E-state index contributed by atoms with van der Waals surface area (Å²) in [6, 6.07) is 4.54. The third-order valence-corrected chi connectivity index (χ3v) is 6.65. The van der Waals surface area contributed by atoms with Gasteiger partial charge in [-0.1, -0.05) is 6.07 Å². The second kappa shape index (κ2) is 9.99. The maximum absolute atomic E-state index is 13.0. The molecular formula is C19H28N2O6S. The lowest BCUT2D eigenvalue weighted by Gasteiger charge is -2.30. The van der Waals surface area contributed by atoms with Crippen LogP contribution in [0.3, 0.4) is 0 Å². The molecule has 0 unspecified atom stereocenters. The first-order valence-electron chi connectivity index (χ1n) is 9.35. The summed E-state index contributed by atoms with van der Waals surface area (Å²) < 4.78 is 37.3. The largest absolute Gasteiger partial charge is 0.466 e. The molecule has 9 heteroatoms. The average molecular weight is 413 g/mol. The number of hydrogen-bond donors (Lipinski definition) is 1. The highest BCUT2D eigenvalue weighted by molar-refractivity contribution is 7.89. The van der Waals surface area contributed by atoms with Gasteiger partial charge in [-0.25, -0.2) is 8.42 Å². The van der Waals surface area contributed by atoms with Crippen LogP contribution in [0.2, 0.25) is 0 Å². The number of carbonyl (C=O) groups excluding carboxylic acids is 2. The van der Waals surface area contributed by atoms with Crippen molar-refractivity contribution < 1.29 is 27.5 Å². The molecule has 2 rings (SSSR count). The molecule has 0 aromatic heterocycles. The molecule has 8 nitrogen and oxygen atoms in total. The number of carbonyl (C=O) groups is 2. The highest BCUT2D eigenvalue weighted by Gasteiger charge is 2.33. The molecule has 28 heavy (non-hydrogen) atoms. The molecule has 1 saturated heterocycles. The van der Waals surface area contributed by atoms with Crippen molar-refractivity contribution in [1.29, 1.82) is 0 Å². The molecule has 0 spiro atoms. The molecule has 1 aromatic carbocycles. The minimum atomic E-state index is -3.74. The van der Waals surface area contributed by atoms with E-state index < -0.39 is 10.0 Å². The van der Waals surface area contributed by atoms with Crippen LogP contribution in [0.1, 0.15) is 35.7 Å². The van der Waals surface area contributed by atoms with Crippen molar-refractivity contribution in [1.82, 2.24) is 9.62 Å². The van der Waals surface area contributed by atoms with E-state index in [1.165, 1.54) is 23.5 Å². The van der Waals surface area contributed by atoms with Crippen LogP contribution < -0.4 is 5.32 Å². The summed E-state index contributed by atoms with van der Waals surface area (Å²) in [5, 5.41) is 2.71. The molecule has 0 bridgehead atoms.